The van der Waals surface area contributed by atoms with Gasteiger partial charge in [-0.15, -0.1) is 0 Å². The largest absolute Gasteiger partial charge is 0.370 e. The summed E-state index contributed by atoms with van der Waals surface area (Å²) < 4.78 is 6.52. The van der Waals surface area contributed by atoms with Crippen LogP contribution in [0.15, 0.2) is 0 Å². The first-order valence-electron chi connectivity index (χ1n) is 6.52. The number of ether oxygens (including phenoxy) is 1. The fourth-order valence-corrected chi connectivity index (χ4v) is 2.20. The predicted octanol–water partition coefficient (Wildman–Crippen LogP) is 4.13. The number of aryl methyl sites for hydroxylation is 1. The van der Waals surface area contributed by atoms with E-state index in [0.29, 0.717) is 11.2 Å². The molecule has 3 nitrogen and oxygen atoms in total. The molecule has 4 heteroatoms. The van der Waals surface area contributed by atoms with Crippen molar-refractivity contribution in [2.24, 2.45) is 5.41 Å². The highest BCUT2D eigenvalue weighted by molar-refractivity contribution is 7.71. The van der Waals surface area contributed by atoms with Gasteiger partial charge in [0.05, 0.1) is 0 Å². The average Bonchev–Trinajstić information content (AvgIpc) is 2.28. The Labute approximate surface area is 115 Å². The van der Waals surface area contributed by atoms with Crippen LogP contribution in [0.5, 0.6) is 0 Å². The third kappa shape index (κ3) is 3.39. The van der Waals surface area contributed by atoms with E-state index in [1.807, 2.05) is 13.8 Å². The zero-order chi connectivity index (χ0) is 13.9. The molecular formula is C14H24N2OS. The molecule has 1 rings (SSSR count). The summed E-state index contributed by atoms with van der Waals surface area (Å²) in [4.78, 5) is 7.89. The Kier molecular flexibility index (Phi) is 5.05. The molecule has 1 N–H and O–H groups in total. The van der Waals surface area contributed by atoms with Crippen LogP contribution in [0.1, 0.15) is 57.8 Å². The number of H-pyrrole nitrogens is 1. The molecule has 0 amide bonds. The molecule has 0 aliphatic carbocycles. The Bertz CT molecular complexity index is 460. The van der Waals surface area contributed by atoms with Crippen LogP contribution in [0.2, 0.25) is 0 Å². The standard InChI is InChI=1S/C14H24N2OS/c1-7-10-9(3)13(18)16-12(15-10)11(17-8-2)14(4,5)6/h11H,7-8H2,1-6H3,(H,15,16,18). The second-order valence-electron chi connectivity index (χ2n) is 5.59. The normalized spacial score (nSPS) is 13.7. The van der Waals surface area contributed by atoms with Crippen LogP contribution in [-0.2, 0) is 11.2 Å². The van der Waals surface area contributed by atoms with Crippen LogP contribution in [0.25, 0.3) is 0 Å². The number of aromatic amines is 1. The van der Waals surface area contributed by atoms with Crippen LogP contribution < -0.4 is 0 Å². The van der Waals surface area contributed by atoms with Crippen LogP contribution in [-0.4, -0.2) is 16.6 Å². The Hall–Kier alpha value is -0.740. The maximum absolute atomic E-state index is 5.85. The first kappa shape index (κ1) is 15.3. The summed E-state index contributed by atoms with van der Waals surface area (Å²) in [5, 5.41) is 0. The molecule has 0 aromatic carbocycles. The second kappa shape index (κ2) is 5.93. The molecule has 1 aromatic rings. The van der Waals surface area contributed by atoms with E-state index >= 15 is 0 Å². The molecule has 1 aromatic heterocycles. The number of hydrogen-bond donors (Lipinski definition) is 1. The zero-order valence-corrected chi connectivity index (χ0v) is 13.1. The van der Waals surface area contributed by atoms with Gasteiger partial charge in [0.15, 0.2) is 0 Å². The minimum absolute atomic E-state index is 0.0123. The fourth-order valence-electron chi connectivity index (χ4n) is 1.98. The third-order valence-electron chi connectivity index (χ3n) is 3.00. The van der Waals surface area contributed by atoms with Crippen LogP contribution in [0.4, 0.5) is 0 Å². The van der Waals surface area contributed by atoms with Gasteiger partial charge in [0, 0.05) is 17.9 Å². The summed E-state index contributed by atoms with van der Waals surface area (Å²) in [6.45, 7) is 13.2. The molecule has 0 radical (unpaired) electrons. The molecule has 102 valence electrons. The van der Waals surface area contributed by atoms with Crippen molar-refractivity contribution in [3.63, 3.8) is 0 Å². The van der Waals surface area contributed by atoms with Crippen molar-refractivity contribution in [3.05, 3.63) is 21.7 Å². The molecule has 1 unspecified atom stereocenters. The van der Waals surface area contributed by atoms with E-state index < -0.39 is 0 Å². The topological polar surface area (TPSA) is 37.9 Å². The van der Waals surface area contributed by atoms with Crippen molar-refractivity contribution in [1.82, 2.24) is 9.97 Å². The quantitative estimate of drug-likeness (QED) is 0.834. The van der Waals surface area contributed by atoms with Gasteiger partial charge in [-0.05, 0) is 25.7 Å². The Morgan fingerprint density at radius 2 is 1.94 bits per heavy atom. The van der Waals surface area contributed by atoms with Crippen LogP contribution in [0.3, 0.4) is 0 Å². The number of aromatic nitrogens is 2. The number of nitrogens with zero attached hydrogens (tertiary/aromatic N) is 1. The van der Waals surface area contributed by atoms with Crippen molar-refractivity contribution in [3.8, 4) is 0 Å². The number of rotatable bonds is 4. The molecule has 1 atom stereocenters. The number of hydrogen-bond acceptors (Lipinski definition) is 3. The maximum Gasteiger partial charge on any atom is 0.137 e. The predicted molar refractivity (Wildman–Crippen MR) is 77.4 cm³/mol. The zero-order valence-electron chi connectivity index (χ0n) is 12.3. The van der Waals surface area contributed by atoms with Crippen molar-refractivity contribution in [2.45, 2.75) is 54.1 Å². The molecule has 18 heavy (non-hydrogen) atoms. The lowest BCUT2D eigenvalue weighted by molar-refractivity contribution is -0.0193. The highest BCUT2D eigenvalue weighted by Crippen LogP contribution is 2.34. The van der Waals surface area contributed by atoms with Gasteiger partial charge in [0.2, 0.25) is 0 Å². The molecule has 0 spiro atoms. The van der Waals surface area contributed by atoms with E-state index in [2.05, 4.69) is 37.7 Å². The summed E-state index contributed by atoms with van der Waals surface area (Å²) in [7, 11) is 0. The lowest BCUT2D eigenvalue weighted by Crippen LogP contribution is -2.24. The highest BCUT2D eigenvalue weighted by Gasteiger charge is 2.29. The third-order valence-corrected chi connectivity index (χ3v) is 3.39. The van der Waals surface area contributed by atoms with E-state index in [-0.39, 0.29) is 11.5 Å². The maximum atomic E-state index is 5.85. The minimum Gasteiger partial charge on any atom is -0.370 e. The van der Waals surface area contributed by atoms with Gasteiger partial charge in [-0.1, -0.05) is 39.9 Å². The first-order valence-corrected chi connectivity index (χ1v) is 6.93. The first-order chi connectivity index (χ1) is 8.31. The van der Waals surface area contributed by atoms with E-state index in [0.717, 1.165) is 23.5 Å². The molecular weight excluding hydrogens is 244 g/mol. The average molecular weight is 268 g/mol. The van der Waals surface area contributed by atoms with E-state index in [1.165, 1.54) is 0 Å². The monoisotopic (exact) mass is 268 g/mol. The number of nitrogens with one attached hydrogen (secondary N) is 1. The summed E-state index contributed by atoms with van der Waals surface area (Å²) in [6.07, 6.45) is 0.864. The van der Waals surface area contributed by atoms with Gasteiger partial charge >= 0.3 is 0 Å². The van der Waals surface area contributed by atoms with Crippen molar-refractivity contribution in [2.75, 3.05) is 6.61 Å². The SMILES string of the molecule is CCOC(c1nc(=S)c(C)c(CC)[nH]1)C(C)(C)C. The Morgan fingerprint density at radius 1 is 1.33 bits per heavy atom. The smallest absolute Gasteiger partial charge is 0.137 e. The molecule has 1 heterocycles. The van der Waals surface area contributed by atoms with Gasteiger partial charge in [0.25, 0.3) is 0 Å². The lowest BCUT2D eigenvalue weighted by atomic mass is 9.88. The molecule has 0 bridgehead atoms. The molecule has 0 saturated carbocycles. The Morgan fingerprint density at radius 3 is 2.39 bits per heavy atom. The highest BCUT2D eigenvalue weighted by atomic mass is 32.1. The van der Waals surface area contributed by atoms with Crippen molar-refractivity contribution < 1.29 is 4.74 Å². The molecule has 0 aliphatic rings. The molecule has 0 saturated heterocycles. The van der Waals surface area contributed by atoms with Crippen molar-refractivity contribution >= 4 is 12.2 Å². The van der Waals surface area contributed by atoms with E-state index in [1.54, 1.807) is 0 Å². The Balaban J connectivity index is 3.29. The van der Waals surface area contributed by atoms with E-state index in [4.69, 9.17) is 17.0 Å². The van der Waals surface area contributed by atoms with E-state index in [9.17, 15) is 0 Å². The van der Waals surface area contributed by atoms with Gasteiger partial charge in [0.1, 0.15) is 16.6 Å². The van der Waals surface area contributed by atoms with Gasteiger partial charge in [-0.2, -0.15) is 0 Å². The lowest BCUT2D eigenvalue weighted by Gasteiger charge is -2.30. The second-order valence-corrected chi connectivity index (χ2v) is 5.97. The van der Waals surface area contributed by atoms with Crippen LogP contribution in [0, 0.1) is 17.0 Å². The summed E-state index contributed by atoms with van der Waals surface area (Å²) in [6, 6.07) is 0. The van der Waals surface area contributed by atoms with Crippen molar-refractivity contribution in [1.29, 1.82) is 0 Å². The fraction of sp³-hybridized carbons (Fsp3) is 0.714. The molecule has 0 fully saturated rings. The minimum atomic E-state index is -0.0601. The molecule has 0 aliphatic heterocycles. The van der Waals surface area contributed by atoms with Gasteiger partial charge in [-0.25, -0.2) is 4.98 Å². The summed E-state index contributed by atoms with van der Waals surface area (Å²) in [5.41, 5.74) is 2.21. The van der Waals surface area contributed by atoms with Gasteiger partial charge in [-0.3, -0.25) is 0 Å². The van der Waals surface area contributed by atoms with Crippen LogP contribution >= 0.6 is 12.2 Å². The summed E-state index contributed by atoms with van der Waals surface area (Å²) >= 11 is 5.33. The van der Waals surface area contributed by atoms with Gasteiger partial charge < -0.3 is 9.72 Å². The summed E-state index contributed by atoms with van der Waals surface area (Å²) in [5.74, 6) is 0.844.